The van der Waals surface area contributed by atoms with E-state index in [1.807, 2.05) is 6.07 Å². The topological polar surface area (TPSA) is 3.88 Å². The molecule has 0 aliphatic carbocycles. The molecular weight excluding hydrogens is 1260 g/mol. The molecule has 0 N–H and O–H groups in total. The lowest BCUT2D eigenvalue weighted by Gasteiger charge is -2.46. The van der Waals surface area contributed by atoms with Gasteiger partial charge in [-0.1, -0.05) is 127 Å². The van der Waals surface area contributed by atoms with Crippen LogP contribution in [-0.2, 0) is 58.1 Å². The van der Waals surface area contributed by atoms with E-state index in [0.29, 0.717) is 0 Å². The Morgan fingerprint density at radius 2 is 0.514 bits per heavy atom. The Hall–Kier alpha value is -4.93. The number of alkyl halides is 27. The number of aromatic nitrogens is 1. The van der Waals surface area contributed by atoms with Crippen molar-refractivity contribution in [3.8, 4) is 0 Å². The summed E-state index contributed by atoms with van der Waals surface area (Å²) in [4.78, 5) is 0. The van der Waals surface area contributed by atoms with Gasteiger partial charge in [0.05, 0.1) is 44.5 Å². The monoisotopic (exact) mass is 1280 g/mol. The van der Waals surface area contributed by atoms with E-state index in [1.54, 1.807) is 0 Å². The zero-order valence-corrected chi connectivity index (χ0v) is 40.3. The molecule has 0 amide bonds. The van der Waals surface area contributed by atoms with E-state index in [1.165, 1.54) is 5.56 Å². The molecule has 0 saturated heterocycles. The summed E-state index contributed by atoms with van der Waals surface area (Å²) in [6.07, 6.45) is -50.7. The zero-order chi connectivity index (χ0) is 56.2. The molecule has 29 heteroatoms. The van der Waals surface area contributed by atoms with Crippen LogP contribution in [0.25, 0.3) is 0 Å². The first-order chi connectivity index (χ1) is 33.3. The average Bonchev–Trinajstić information content (AvgIpc) is 3.24. The van der Waals surface area contributed by atoms with Crippen LogP contribution in [0.2, 0.25) is 0 Å². The average molecular weight is 1280 g/mol. The summed E-state index contributed by atoms with van der Waals surface area (Å²) in [5, 5.41) is 0. The molecule has 0 bridgehead atoms. The van der Waals surface area contributed by atoms with Crippen molar-refractivity contribution in [2.75, 3.05) is 0 Å². The van der Waals surface area contributed by atoms with E-state index in [0.717, 1.165) is 12.1 Å². The molecule has 1 aromatic heterocycles. The number of halogens is 27. The maximum absolute atomic E-state index is 14.2. The zero-order valence-electron chi connectivity index (χ0n) is 35.6. The highest BCUT2D eigenvalue weighted by molar-refractivity contribution is 9.38. The first-order valence-corrected chi connectivity index (χ1v) is 22.2. The van der Waals surface area contributed by atoms with Gasteiger partial charge < -0.3 is 0 Å². The lowest BCUT2D eigenvalue weighted by Crippen LogP contribution is -2.75. The molecule has 1 nitrogen and oxygen atoms in total. The van der Waals surface area contributed by atoms with Gasteiger partial charge in [-0.3, -0.25) is 0 Å². The van der Waals surface area contributed by atoms with Crippen LogP contribution in [0.15, 0.2) is 128 Å². The Balaban J connectivity index is 0.000000500. The van der Waals surface area contributed by atoms with Gasteiger partial charge >= 0.3 is 49.4 Å². The highest BCUT2D eigenvalue weighted by atomic mass is 80.0. The van der Waals surface area contributed by atoms with E-state index in [-0.39, 0.29) is 2.14 Å². The number of hydrogen-bond acceptors (Lipinski definition) is 0. The van der Waals surface area contributed by atoms with Crippen LogP contribution in [0.4, 0.5) is 105 Å². The van der Waals surface area contributed by atoms with Crippen LogP contribution < -0.4 is 26.4 Å². The van der Waals surface area contributed by atoms with Crippen LogP contribution in [-0.4, -0.2) is 6.15 Å². The van der Waals surface area contributed by atoms with Crippen molar-refractivity contribution in [1.29, 1.82) is 0 Å². The third kappa shape index (κ3) is 14.3. The molecule has 0 atom stereocenters. The number of pyridine rings is 1. The predicted molar refractivity (Wildman–Crippen MR) is 231 cm³/mol. The molecule has 0 saturated carbocycles. The minimum Gasteiger partial charge on any atom is -0.201 e. The maximum atomic E-state index is 14.2. The smallest absolute Gasteiger partial charge is 0.201 e. The fourth-order valence-corrected chi connectivity index (χ4v) is 8.41. The normalized spacial score (nSPS) is 13.7. The van der Waals surface area contributed by atoms with Crippen LogP contribution >= 0.6 is 47.8 Å². The van der Waals surface area contributed by atoms with Crippen LogP contribution in [0.3, 0.4) is 0 Å². The van der Waals surface area contributed by atoms with Crippen molar-refractivity contribution in [2.24, 2.45) is 0 Å². The first kappa shape index (κ1) is 59.9. The third-order valence-electron chi connectivity index (χ3n) is 10.9. The fraction of sp³-hybridized carbons (Fsp3) is 0.222. The van der Waals surface area contributed by atoms with Gasteiger partial charge in [0, 0.05) is 23.3 Å². The van der Waals surface area contributed by atoms with Gasteiger partial charge in [0.15, 0.2) is 21.1 Å². The summed E-state index contributed by atoms with van der Waals surface area (Å²) >= 11 is 10.5. The molecule has 400 valence electrons. The summed E-state index contributed by atoms with van der Waals surface area (Å²) in [5.74, 6) is 0. The molecule has 0 radical (unpaired) electrons. The molecule has 0 fully saturated rings. The summed E-state index contributed by atoms with van der Waals surface area (Å²) in [6.45, 7) is 0.890. The Kier molecular flexibility index (Phi) is 16.6. The lowest BCUT2D eigenvalue weighted by atomic mass is 9.12. The van der Waals surface area contributed by atoms with E-state index in [9.17, 15) is 105 Å². The van der Waals surface area contributed by atoms with Crippen LogP contribution in [0.1, 0.15) is 55.6 Å². The molecule has 0 spiro atoms. The second-order valence-electron chi connectivity index (χ2n) is 16.0. The van der Waals surface area contributed by atoms with E-state index in [2.05, 4.69) is 101 Å². The number of rotatable bonds is 6. The van der Waals surface area contributed by atoms with Crippen molar-refractivity contribution in [3.05, 3.63) is 183 Å². The minimum atomic E-state index is -6.13. The van der Waals surface area contributed by atoms with Crippen molar-refractivity contribution in [1.82, 2.24) is 0 Å². The van der Waals surface area contributed by atoms with Gasteiger partial charge in [-0.25, -0.2) is 4.57 Å². The summed E-state index contributed by atoms with van der Waals surface area (Å²) in [7, 11) is 0. The largest absolute Gasteiger partial charge is 0.416 e. The molecule has 0 unspecified atom stereocenters. The molecule has 0 aliphatic rings. The van der Waals surface area contributed by atoms with Gasteiger partial charge in [0.25, 0.3) is 0 Å². The van der Waals surface area contributed by atoms with Gasteiger partial charge in [0.1, 0.15) is 6.15 Å². The SMILES string of the molecule is BrC(Br)(Br)c1cc[n+](Cc2ccccc2)cc1.FC(F)(F)c1cc([B-](c2cc(C(F)(F)F)cc(C(F)(F)F)c2)(c2cc(C(F)(F)F)cc(C(F)(F)F)c2)c2cc(C(F)(F)F)cc(C(F)(F)F)c2)cc(C(F)(F)F)c1. The Bertz CT molecular complexity index is 2510. The predicted octanol–water partition coefficient (Wildman–Crippen LogP) is 15.5. The number of nitrogens with zero attached hydrogens (tertiary/aromatic N) is 1. The summed E-state index contributed by atoms with van der Waals surface area (Å²) in [5.41, 5.74) is -27.8. The number of benzene rings is 5. The van der Waals surface area contributed by atoms with E-state index in [4.69, 9.17) is 0 Å². The summed E-state index contributed by atoms with van der Waals surface area (Å²) < 4.78 is 343. The second kappa shape index (κ2) is 20.6. The quantitative estimate of drug-likeness (QED) is 0.0677. The standard InChI is InChI=1S/C32H12BF24.C13H11Br3N/c34-25(35,36)13-1-14(26(37,38)39)6-21(5-13)33(22-7-15(27(40,41)42)2-16(8-22)28(43,44)45,23-9-17(29(46,47)48)3-18(10-23)30(49,50)51)24-11-19(31(52,53)54)4-20(12-24)32(55,56)57;14-13(15,16)12-6-8-17(9-7-12)10-11-4-2-1-3-5-11/h1-12H;1-9H,10H2/q-1;+1. The Morgan fingerprint density at radius 1 is 0.297 bits per heavy atom. The van der Waals surface area contributed by atoms with Crippen molar-refractivity contribution in [3.63, 3.8) is 0 Å². The van der Waals surface area contributed by atoms with E-state index >= 15 is 0 Å². The van der Waals surface area contributed by atoms with Crippen LogP contribution in [0.5, 0.6) is 0 Å². The molecular formula is C45H23BBr3F24N. The lowest BCUT2D eigenvalue weighted by molar-refractivity contribution is -0.688. The Morgan fingerprint density at radius 3 is 0.703 bits per heavy atom. The fourth-order valence-electron chi connectivity index (χ4n) is 7.62. The van der Waals surface area contributed by atoms with Crippen molar-refractivity contribution in [2.45, 2.75) is 58.1 Å². The molecule has 74 heavy (non-hydrogen) atoms. The van der Waals surface area contributed by atoms with Gasteiger partial charge in [0.2, 0.25) is 0 Å². The molecule has 6 rings (SSSR count). The molecule has 1 heterocycles. The first-order valence-electron chi connectivity index (χ1n) is 19.8. The molecule has 0 aliphatic heterocycles. The highest BCUT2D eigenvalue weighted by Gasteiger charge is 2.47. The number of hydrogen-bond donors (Lipinski definition) is 0. The van der Waals surface area contributed by atoms with Crippen molar-refractivity contribution < 1.29 is 110 Å². The highest BCUT2D eigenvalue weighted by Crippen LogP contribution is 2.44. The van der Waals surface area contributed by atoms with Crippen LogP contribution in [0, 0.1) is 0 Å². The van der Waals surface area contributed by atoms with Gasteiger partial charge in [-0.2, -0.15) is 127 Å². The van der Waals surface area contributed by atoms with Gasteiger partial charge in [-0.15, -0.1) is 0 Å². The Labute approximate surface area is 425 Å². The van der Waals surface area contributed by atoms with Crippen molar-refractivity contribution >= 4 is 75.8 Å². The molecule has 6 aromatic rings. The second-order valence-corrected chi connectivity index (χ2v) is 22.7. The minimum absolute atomic E-state index is 0.334. The third-order valence-corrected chi connectivity index (χ3v) is 12.2. The maximum Gasteiger partial charge on any atom is 0.416 e. The van der Waals surface area contributed by atoms with Gasteiger partial charge in [-0.05, 0) is 24.3 Å². The van der Waals surface area contributed by atoms with E-state index < -0.39 is 195 Å². The summed E-state index contributed by atoms with van der Waals surface area (Å²) in [6, 6.07) is 5.74. The molecule has 5 aromatic carbocycles.